The summed E-state index contributed by atoms with van der Waals surface area (Å²) in [7, 11) is 0. The van der Waals surface area contributed by atoms with Crippen LogP contribution in [0.15, 0.2) is 41.5 Å². The third-order valence-electron chi connectivity index (χ3n) is 3.78. The Labute approximate surface area is 147 Å². The Morgan fingerprint density at radius 1 is 1.38 bits per heavy atom. The van der Waals surface area contributed by atoms with E-state index in [1.54, 1.807) is 31.2 Å². The lowest BCUT2D eigenvalue weighted by Gasteiger charge is -2.14. The number of nitrogens with zero attached hydrogens (tertiary/aromatic N) is 2. The lowest BCUT2D eigenvalue weighted by atomic mass is 10.2. The molecule has 0 aliphatic carbocycles. The van der Waals surface area contributed by atoms with Crippen LogP contribution in [0.2, 0.25) is 5.02 Å². The number of rotatable bonds is 4. The van der Waals surface area contributed by atoms with Crippen LogP contribution in [0.5, 0.6) is 0 Å². The summed E-state index contributed by atoms with van der Waals surface area (Å²) < 4.78 is 1.36. The van der Waals surface area contributed by atoms with Crippen molar-refractivity contribution in [1.29, 1.82) is 0 Å². The maximum atomic E-state index is 12.6. The number of hydrogen-bond donors (Lipinski definition) is 1. The Hall–Kier alpha value is -2.18. The molecule has 1 aromatic carbocycles. The van der Waals surface area contributed by atoms with Crippen molar-refractivity contribution in [3.63, 3.8) is 0 Å². The number of fused-ring (bicyclic) bond motifs is 1. The Balaban J connectivity index is 1.88. The van der Waals surface area contributed by atoms with E-state index in [2.05, 4.69) is 10.3 Å². The normalized spacial score (nSPS) is 12.3. The fraction of sp³-hybridized carbons (Fsp3) is 0.235. The Morgan fingerprint density at radius 3 is 2.75 bits per heavy atom. The average molecular weight is 362 g/mol. The molecule has 124 valence electrons. The third kappa shape index (κ3) is 3.20. The average Bonchev–Trinajstić information content (AvgIpc) is 3.01. The van der Waals surface area contributed by atoms with Crippen LogP contribution in [0.3, 0.4) is 0 Å². The summed E-state index contributed by atoms with van der Waals surface area (Å²) in [5.41, 5.74) is 0.428. The summed E-state index contributed by atoms with van der Waals surface area (Å²) in [5.74, 6) is -0.286. The van der Waals surface area contributed by atoms with Crippen LogP contribution in [0.4, 0.5) is 5.69 Å². The molecular weight excluding hydrogens is 346 g/mol. The number of amides is 1. The summed E-state index contributed by atoms with van der Waals surface area (Å²) in [5, 5.41) is 3.93. The fourth-order valence-electron chi connectivity index (χ4n) is 2.34. The van der Waals surface area contributed by atoms with Gasteiger partial charge >= 0.3 is 0 Å². The molecule has 2 heterocycles. The van der Waals surface area contributed by atoms with Crippen molar-refractivity contribution in [2.24, 2.45) is 0 Å². The molecule has 0 saturated heterocycles. The fourth-order valence-corrected chi connectivity index (χ4v) is 3.39. The Bertz CT molecular complexity index is 947. The second kappa shape index (κ2) is 6.75. The van der Waals surface area contributed by atoms with Crippen LogP contribution in [0, 0.1) is 0 Å². The van der Waals surface area contributed by atoms with Crippen molar-refractivity contribution in [2.45, 2.75) is 26.3 Å². The molecule has 0 aliphatic heterocycles. The molecule has 5 nitrogen and oxygen atoms in total. The summed E-state index contributed by atoms with van der Waals surface area (Å²) in [6.45, 7) is 3.71. The van der Waals surface area contributed by atoms with Gasteiger partial charge in [-0.05, 0) is 43.7 Å². The monoisotopic (exact) mass is 361 g/mol. The minimum atomic E-state index is -0.671. The summed E-state index contributed by atoms with van der Waals surface area (Å²) in [4.78, 5) is 31.2. The van der Waals surface area contributed by atoms with E-state index < -0.39 is 6.04 Å². The first-order valence-electron chi connectivity index (χ1n) is 7.55. The van der Waals surface area contributed by atoms with Crippen molar-refractivity contribution < 1.29 is 4.79 Å². The smallest absolute Gasteiger partial charge is 0.262 e. The summed E-state index contributed by atoms with van der Waals surface area (Å²) in [6, 6.07) is 8.00. The van der Waals surface area contributed by atoms with Crippen LogP contribution in [0.1, 0.15) is 24.8 Å². The predicted molar refractivity (Wildman–Crippen MR) is 98.1 cm³/mol. The molecule has 1 atom stereocenters. The van der Waals surface area contributed by atoms with E-state index in [1.165, 1.54) is 22.2 Å². The molecule has 0 bridgehead atoms. The van der Waals surface area contributed by atoms with E-state index in [9.17, 15) is 9.59 Å². The van der Waals surface area contributed by atoms with Crippen LogP contribution in [0.25, 0.3) is 10.2 Å². The molecule has 0 fully saturated rings. The van der Waals surface area contributed by atoms with Gasteiger partial charge in [0.1, 0.15) is 10.9 Å². The molecule has 1 amide bonds. The molecule has 2 aromatic heterocycles. The first kappa shape index (κ1) is 16.7. The lowest BCUT2D eigenvalue weighted by Crippen LogP contribution is -2.31. The van der Waals surface area contributed by atoms with Gasteiger partial charge in [-0.3, -0.25) is 14.2 Å². The van der Waals surface area contributed by atoms with E-state index in [-0.39, 0.29) is 11.5 Å². The second-order valence-corrected chi connectivity index (χ2v) is 6.97. The quantitative estimate of drug-likeness (QED) is 0.767. The summed E-state index contributed by atoms with van der Waals surface area (Å²) >= 11 is 7.34. The number of halogens is 1. The largest absolute Gasteiger partial charge is 0.324 e. The Kier molecular flexibility index (Phi) is 4.69. The Morgan fingerprint density at radius 2 is 2.08 bits per heavy atom. The first-order valence-corrected chi connectivity index (χ1v) is 8.75. The van der Waals surface area contributed by atoms with E-state index in [1.807, 2.05) is 13.0 Å². The van der Waals surface area contributed by atoms with Gasteiger partial charge in [0.25, 0.3) is 5.56 Å². The number of aromatic nitrogens is 2. The van der Waals surface area contributed by atoms with E-state index in [4.69, 9.17) is 11.6 Å². The highest BCUT2D eigenvalue weighted by Crippen LogP contribution is 2.22. The van der Waals surface area contributed by atoms with Crippen molar-refractivity contribution in [2.75, 3.05) is 5.32 Å². The van der Waals surface area contributed by atoms with Gasteiger partial charge in [0, 0.05) is 15.6 Å². The van der Waals surface area contributed by atoms with Gasteiger partial charge in [-0.15, -0.1) is 11.3 Å². The van der Waals surface area contributed by atoms with Gasteiger partial charge in [0.05, 0.1) is 11.7 Å². The van der Waals surface area contributed by atoms with Crippen molar-refractivity contribution >= 4 is 44.7 Å². The number of carbonyl (C=O) groups is 1. The second-order valence-electron chi connectivity index (χ2n) is 5.41. The molecular formula is C17H16ClN3O2S. The number of aryl methyl sites for hydroxylation is 1. The van der Waals surface area contributed by atoms with Crippen LogP contribution >= 0.6 is 22.9 Å². The van der Waals surface area contributed by atoms with Crippen molar-refractivity contribution in [3.05, 3.63) is 56.9 Å². The number of anilines is 1. The maximum absolute atomic E-state index is 12.6. The van der Waals surface area contributed by atoms with Crippen molar-refractivity contribution in [1.82, 2.24) is 9.55 Å². The molecule has 7 heteroatoms. The van der Waals surface area contributed by atoms with E-state index in [0.717, 1.165) is 11.3 Å². The zero-order valence-electron chi connectivity index (χ0n) is 13.2. The van der Waals surface area contributed by atoms with Gasteiger partial charge in [-0.25, -0.2) is 4.98 Å². The van der Waals surface area contributed by atoms with Gasteiger partial charge in [-0.1, -0.05) is 18.5 Å². The van der Waals surface area contributed by atoms with Gasteiger partial charge in [0.15, 0.2) is 0 Å². The molecule has 0 saturated carbocycles. The third-order valence-corrected chi connectivity index (χ3v) is 5.22. The van der Waals surface area contributed by atoms with Gasteiger partial charge < -0.3 is 5.32 Å². The predicted octanol–water partition coefficient (Wildman–Crippen LogP) is 3.87. The standard InChI is InChI=1S/C17H16ClN3O2S/c1-3-13-8-14-16(24-13)19-9-21(17(14)23)10(2)15(22)20-12-6-4-11(18)5-7-12/h4-10H,3H2,1-2H3,(H,20,22)/t10-/m0/s1. The first-order chi connectivity index (χ1) is 11.5. The number of nitrogens with one attached hydrogen (secondary N) is 1. The molecule has 0 spiro atoms. The number of benzene rings is 1. The SMILES string of the molecule is CCc1cc2c(=O)n([C@@H](C)C(=O)Nc3ccc(Cl)cc3)cnc2s1. The van der Waals surface area contributed by atoms with Crippen LogP contribution in [-0.4, -0.2) is 15.5 Å². The van der Waals surface area contributed by atoms with E-state index in [0.29, 0.717) is 20.9 Å². The van der Waals surface area contributed by atoms with Gasteiger partial charge in [-0.2, -0.15) is 0 Å². The molecule has 3 aromatic rings. The van der Waals surface area contributed by atoms with E-state index >= 15 is 0 Å². The summed E-state index contributed by atoms with van der Waals surface area (Å²) in [6.07, 6.45) is 2.29. The lowest BCUT2D eigenvalue weighted by molar-refractivity contribution is -0.118. The highest BCUT2D eigenvalue weighted by atomic mass is 35.5. The van der Waals surface area contributed by atoms with Gasteiger partial charge in [0.2, 0.25) is 5.91 Å². The highest BCUT2D eigenvalue weighted by Gasteiger charge is 2.18. The van der Waals surface area contributed by atoms with Crippen LogP contribution in [-0.2, 0) is 11.2 Å². The molecule has 0 aliphatic rings. The number of hydrogen-bond acceptors (Lipinski definition) is 4. The number of carbonyl (C=O) groups excluding carboxylic acids is 1. The molecule has 0 unspecified atom stereocenters. The van der Waals surface area contributed by atoms with Crippen molar-refractivity contribution in [3.8, 4) is 0 Å². The highest BCUT2D eigenvalue weighted by molar-refractivity contribution is 7.18. The molecule has 24 heavy (non-hydrogen) atoms. The topological polar surface area (TPSA) is 64.0 Å². The maximum Gasteiger partial charge on any atom is 0.262 e. The number of thiophene rings is 1. The zero-order valence-corrected chi connectivity index (χ0v) is 14.8. The zero-order chi connectivity index (χ0) is 17.3. The minimum absolute atomic E-state index is 0.199. The molecule has 0 radical (unpaired) electrons. The van der Waals surface area contributed by atoms with Crippen LogP contribution < -0.4 is 10.9 Å². The molecule has 1 N–H and O–H groups in total. The minimum Gasteiger partial charge on any atom is -0.324 e. The molecule has 3 rings (SSSR count).